The Morgan fingerprint density at radius 3 is 2.75 bits per heavy atom. The van der Waals surface area contributed by atoms with Gasteiger partial charge >= 0.3 is 6.03 Å². The Morgan fingerprint density at radius 1 is 1.42 bits per heavy atom. The van der Waals surface area contributed by atoms with Gasteiger partial charge in [0.05, 0.1) is 13.3 Å². The van der Waals surface area contributed by atoms with Crippen molar-refractivity contribution in [3.05, 3.63) is 23.8 Å². The van der Waals surface area contributed by atoms with E-state index in [1.165, 1.54) is 13.3 Å². The third-order valence-corrected chi connectivity index (χ3v) is 3.75. The van der Waals surface area contributed by atoms with Gasteiger partial charge in [-0.15, -0.1) is 5.01 Å². The molecule has 1 fully saturated rings. The highest BCUT2D eigenvalue weighted by Gasteiger charge is 2.46. The first kappa shape index (κ1) is 17.3. The lowest BCUT2D eigenvalue weighted by Gasteiger charge is -2.17. The van der Waals surface area contributed by atoms with Gasteiger partial charge in [0.15, 0.2) is 18.1 Å². The summed E-state index contributed by atoms with van der Waals surface area (Å²) in [6.45, 7) is 3.38. The molecule has 1 N–H and O–H groups in total. The molecule has 126 valence electrons. The van der Waals surface area contributed by atoms with Gasteiger partial charge < -0.3 is 14.8 Å². The van der Waals surface area contributed by atoms with Crippen molar-refractivity contribution in [2.45, 2.75) is 25.8 Å². The number of carbonyl (C=O) groups is 2. The van der Waals surface area contributed by atoms with E-state index in [4.69, 9.17) is 14.7 Å². The summed E-state index contributed by atoms with van der Waals surface area (Å²) in [4.78, 5) is 24.1. The Labute approximate surface area is 139 Å². The van der Waals surface area contributed by atoms with Gasteiger partial charge in [0, 0.05) is 0 Å². The van der Waals surface area contributed by atoms with Gasteiger partial charge in [-0.2, -0.15) is 10.4 Å². The second kappa shape index (κ2) is 7.00. The Bertz CT molecular complexity index is 725. The number of hydrogen-bond acceptors (Lipinski definition) is 6. The number of nitrogens with one attached hydrogen (secondary N) is 1. The molecule has 1 saturated heterocycles. The average molecular weight is 330 g/mol. The monoisotopic (exact) mass is 330 g/mol. The van der Waals surface area contributed by atoms with Crippen LogP contribution in [-0.4, -0.2) is 42.4 Å². The highest BCUT2D eigenvalue weighted by Crippen LogP contribution is 2.27. The topological polar surface area (TPSA) is 104 Å². The number of hydrazone groups is 1. The van der Waals surface area contributed by atoms with Crippen LogP contribution in [0.25, 0.3) is 0 Å². The minimum absolute atomic E-state index is 0.0954. The fourth-order valence-electron chi connectivity index (χ4n) is 2.13. The van der Waals surface area contributed by atoms with Crippen molar-refractivity contribution < 1.29 is 19.1 Å². The molecular formula is C16H18N4O4. The number of imide groups is 1. The zero-order valence-corrected chi connectivity index (χ0v) is 13.7. The lowest BCUT2D eigenvalue weighted by molar-refractivity contribution is -0.130. The predicted molar refractivity (Wildman–Crippen MR) is 85.8 cm³/mol. The van der Waals surface area contributed by atoms with Gasteiger partial charge in [0.25, 0.3) is 5.91 Å². The molecule has 0 radical (unpaired) electrons. The second-order valence-corrected chi connectivity index (χ2v) is 5.33. The average Bonchev–Trinajstić information content (AvgIpc) is 2.81. The molecule has 1 unspecified atom stereocenters. The molecule has 0 saturated carbocycles. The molecule has 3 amide bonds. The summed E-state index contributed by atoms with van der Waals surface area (Å²) in [5.41, 5.74) is -0.317. The van der Waals surface area contributed by atoms with Gasteiger partial charge in [0.1, 0.15) is 11.6 Å². The van der Waals surface area contributed by atoms with E-state index >= 15 is 0 Å². The van der Waals surface area contributed by atoms with Crippen LogP contribution < -0.4 is 14.8 Å². The molecule has 1 heterocycles. The summed E-state index contributed by atoms with van der Waals surface area (Å²) in [7, 11) is 1.47. The van der Waals surface area contributed by atoms with E-state index in [0.29, 0.717) is 23.5 Å². The zero-order valence-electron chi connectivity index (χ0n) is 13.7. The van der Waals surface area contributed by atoms with Crippen LogP contribution >= 0.6 is 0 Å². The largest absolute Gasteiger partial charge is 0.493 e. The molecule has 8 heteroatoms. The van der Waals surface area contributed by atoms with E-state index in [2.05, 4.69) is 10.4 Å². The van der Waals surface area contributed by atoms with Crippen molar-refractivity contribution >= 4 is 18.2 Å². The van der Waals surface area contributed by atoms with Crippen LogP contribution in [0.4, 0.5) is 4.79 Å². The van der Waals surface area contributed by atoms with E-state index in [9.17, 15) is 9.59 Å². The van der Waals surface area contributed by atoms with E-state index in [-0.39, 0.29) is 6.61 Å². The Balaban J connectivity index is 2.19. The van der Waals surface area contributed by atoms with Crippen LogP contribution in [-0.2, 0) is 4.79 Å². The number of amides is 3. The lowest BCUT2D eigenvalue weighted by atomic mass is 10.00. The number of benzene rings is 1. The summed E-state index contributed by atoms with van der Waals surface area (Å²) in [6, 6.07) is 6.25. The summed E-state index contributed by atoms with van der Waals surface area (Å²) in [5, 5.41) is 16.0. The molecule has 8 nitrogen and oxygen atoms in total. The highest BCUT2D eigenvalue weighted by molar-refractivity contribution is 6.07. The first-order chi connectivity index (χ1) is 11.4. The van der Waals surface area contributed by atoms with Gasteiger partial charge in [-0.1, -0.05) is 6.92 Å². The summed E-state index contributed by atoms with van der Waals surface area (Å²) in [5.74, 6) is 0.446. The number of methoxy groups -OCH3 is 1. The van der Waals surface area contributed by atoms with Crippen molar-refractivity contribution in [2.75, 3.05) is 13.7 Å². The second-order valence-electron chi connectivity index (χ2n) is 5.33. The van der Waals surface area contributed by atoms with Crippen molar-refractivity contribution in [3.8, 4) is 17.6 Å². The van der Waals surface area contributed by atoms with Gasteiger partial charge in [0.2, 0.25) is 0 Å². The molecule has 0 aromatic heterocycles. The minimum Gasteiger partial charge on any atom is -0.493 e. The van der Waals surface area contributed by atoms with Crippen LogP contribution in [0.3, 0.4) is 0 Å². The zero-order chi connectivity index (χ0) is 17.7. The molecule has 0 spiro atoms. The number of urea groups is 1. The molecule has 24 heavy (non-hydrogen) atoms. The molecule has 1 aliphatic rings. The molecule has 0 aliphatic carbocycles. The van der Waals surface area contributed by atoms with Crippen molar-refractivity contribution in [1.82, 2.24) is 10.3 Å². The van der Waals surface area contributed by atoms with Gasteiger partial charge in [-0.05, 0) is 37.1 Å². The SMILES string of the molecule is CCC1(C)NC(=O)N(/N=C/c2ccc(OCC#N)c(OC)c2)C1=O. The van der Waals surface area contributed by atoms with E-state index < -0.39 is 17.5 Å². The third-order valence-electron chi connectivity index (χ3n) is 3.75. The molecule has 1 aromatic rings. The van der Waals surface area contributed by atoms with Crippen LogP contribution in [0.5, 0.6) is 11.5 Å². The third kappa shape index (κ3) is 3.30. The molecule has 0 bridgehead atoms. The number of nitrogens with zero attached hydrogens (tertiary/aromatic N) is 3. The molecule has 1 atom stereocenters. The maximum absolute atomic E-state index is 12.2. The maximum Gasteiger partial charge on any atom is 0.346 e. The van der Waals surface area contributed by atoms with Crippen molar-refractivity contribution in [3.63, 3.8) is 0 Å². The van der Waals surface area contributed by atoms with E-state index in [0.717, 1.165) is 5.01 Å². The van der Waals surface area contributed by atoms with Gasteiger partial charge in [-0.25, -0.2) is 4.79 Å². The summed E-state index contributed by atoms with van der Waals surface area (Å²) < 4.78 is 10.4. The molecule has 2 rings (SSSR count). The predicted octanol–water partition coefficient (Wildman–Crippen LogP) is 1.65. The van der Waals surface area contributed by atoms with Crippen molar-refractivity contribution in [1.29, 1.82) is 5.26 Å². The summed E-state index contributed by atoms with van der Waals surface area (Å²) in [6.07, 6.45) is 1.86. The normalized spacial score (nSPS) is 20.2. The Kier molecular flexibility index (Phi) is 5.04. The van der Waals surface area contributed by atoms with Gasteiger partial charge in [-0.3, -0.25) is 4.79 Å². The Morgan fingerprint density at radius 2 is 2.17 bits per heavy atom. The van der Waals surface area contributed by atoms with E-state index in [1.807, 2.05) is 13.0 Å². The van der Waals surface area contributed by atoms with Crippen LogP contribution in [0.1, 0.15) is 25.8 Å². The molecule has 1 aromatic carbocycles. The fraction of sp³-hybridized carbons (Fsp3) is 0.375. The molecule has 1 aliphatic heterocycles. The van der Waals surface area contributed by atoms with Crippen LogP contribution in [0.2, 0.25) is 0 Å². The van der Waals surface area contributed by atoms with Crippen LogP contribution in [0.15, 0.2) is 23.3 Å². The number of rotatable bonds is 6. The quantitative estimate of drug-likeness (QED) is 0.631. The van der Waals surface area contributed by atoms with E-state index in [1.54, 1.807) is 25.1 Å². The lowest BCUT2D eigenvalue weighted by Crippen LogP contribution is -2.42. The Hall–Kier alpha value is -3.08. The first-order valence-electron chi connectivity index (χ1n) is 7.33. The standard InChI is InChI=1S/C16H18N4O4/c1-4-16(2)14(21)20(15(22)19-16)18-10-11-5-6-12(24-8-7-17)13(9-11)23-3/h5-6,9-10H,4,8H2,1-3H3,(H,19,22)/b18-10+. The fourth-order valence-corrected chi connectivity index (χ4v) is 2.13. The maximum atomic E-state index is 12.2. The summed E-state index contributed by atoms with van der Waals surface area (Å²) >= 11 is 0. The van der Waals surface area contributed by atoms with Crippen LogP contribution in [0, 0.1) is 11.3 Å². The number of hydrogen-bond donors (Lipinski definition) is 1. The number of carbonyl (C=O) groups excluding carboxylic acids is 2. The highest BCUT2D eigenvalue weighted by atomic mass is 16.5. The number of nitriles is 1. The first-order valence-corrected chi connectivity index (χ1v) is 7.33. The smallest absolute Gasteiger partial charge is 0.346 e. The molecular weight excluding hydrogens is 312 g/mol. The minimum atomic E-state index is -0.929. The van der Waals surface area contributed by atoms with Crippen molar-refractivity contribution in [2.24, 2.45) is 5.10 Å². The number of ether oxygens (including phenoxy) is 2.